The Bertz CT molecular complexity index is 910. The van der Waals surface area contributed by atoms with Gasteiger partial charge < -0.3 is 15.0 Å². The van der Waals surface area contributed by atoms with Crippen LogP contribution in [0, 0.1) is 11.6 Å². The first kappa shape index (κ1) is 18.2. The highest BCUT2D eigenvalue weighted by Crippen LogP contribution is 2.23. The van der Waals surface area contributed by atoms with E-state index in [1.54, 1.807) is 36.5 Å². The number of hydrogen-bond acceptors (Lipinski definition) is 5. The summed E-state index contributed by atoms with van der Waals surface area (Å²) in [6, 6.07) is 14.2. The molecule has 3 aromatic rings. The van der Waals surface area contributed by atoms with E-state index < -0.39 is 0 Å². The van der Waals surface area contributed by atoms with Gasteiger partial charge in [-0.05, 0) is 61.4 Å². The van der Waals surface area contributed by atoms with Crippen molar-refractivity contribution in [2.75, 3.05) is 23.3 Å². The minimum atomic E-state index is -0.312. The summed E-state index contributed by atoms with van der Waals surface area (Å²) in [7, 11) is 0. The lowest BCUT2D eigenvalue weighted by atomic mass is 10.0. The summed E-state index contributed by atoms with van der Waals surface area (Å²) in [4.78, 5) is 10.9. The lowest BCUT2D eigenvalue weighted by Crippen LogP contribution is -2.39. The van der Waals surface area contributed by atoms with E-state index in [0.29, 0.717) is 23.6 Å². The Hall–Kier alpha value is -3.22. The molecule has 2 aromatic carbocycles. The molecule has 0 aliphatic carbocycles. The summed E-state index contributed by atoms with van der Waals surface area (Å²) in [6.07, 6.45) is 3.50. The first-order chi connectivity index (χ1) is 13.7. The van der Waals surface area contributed by atoms with E-state index >= 15 is 0 Å². The topological polar surface area (TPSA) is 50.3 Å². The molecule has 1 aromatic heterocycles. The van der Waals surface area contributed by atoms with Gasteiger partial charge in [-0.15, -0.1) is 0 Å². The lowest BCUT2D eigenvalue weighted by molar-refractivity contribution is 0.456. The van der Waals surface area contributed by atoms with Gasteiger partial charge in [0.1, 0.15) is 17.4 Å². The summed E-state index contributed by atoms with van der Waals surface area (Å²) in [5, 5.41) is 3.44. The van der Waals surface area contributed by atoms with Crippen LogP contribution in [0.3, 0.4) is 0 Å². The molecule has 0 unspecified atom stereocenters. The minimum Gasteiger partial charge on any atom is -0.439 e. The van der Waals surface area contributed by atoms with Gasteiger partial charge in [-0.3, -0.25) is 0 Å². The normalized spacial score (nSPS) is 14.7. The second-order valence-corrected chi connectivity index (χ2v) is 6.66. The second-order valence-electron chi connectivity index (χ2n) is 6.66. The Labute approximate surface area is 162 Å². The van der Waals surface area contributed by atoms with Gasteiger partial charge in [0, 0.05) is 37.1 Å². The highest BCUT2D eigenvalue weighted by atomic mass is 19.1. The molecule has 0 bridgehead atoms. The number of benzene rings is 2. The van der Waals surface area contributed by atoms with Gasteiger partial charge >= 0.3 is 0 Å². The van der Waals surface area contributed by atoms with Crippen LogP contribution < -0.4 is 15.0 Å². The Morgan fingerprint density at radius 3 is 2.21 bits per heavy atom. The lowest BCUT2D eigenvalue weighted by Gasteiger charge is -2.32. The average Bonchev–Trinajstić information content (AvgIpc) is 2.72. The molecule has 1 N–H and O–H groups in total. The third-order valence-corrected chi connectivity index (χ3v) is 4.65. The van der Waals surface area contributed by atoms with Crippen molar-refractivity contribution in [3.8, 4) is 11.6 Å². The molecule has 0 saturated carbocycles. The minimum absolute atomic E-state index is 0.236. The molecular formula is C21H20F2N4O. The van der Waals surface area contributed by atoms with Gasteiger partial charge in [-0.25, -0.2) is 13.8 Å². The number of hydrogen-bond donors (Lipinski definition) is 1. The third-order valence-electron chi connectivity index (χ3n) is 4.65. The fourth-order valence-corrected chi connectivity index (χ4v) is 3.17. The number of nitrogens with one attached hydrogen (secondary N) is 1. The molecular weight excluding hydrogens is 362 g/mol. The van der Waals surface area contributed by atoms with Gasteiger partial charge in [0.15, 0.2) is 0 Å². The Kier molecular flexibility index (Phi) is 5.32. The van der Waals surface area contributed by atoms with Crippen LogP contribution in [0.25, 0.3) is 0 Å². The first-order valence-corrected chi connectivity index (χ1v) is 9.19. The number of anilines is 2. The molecule has 1 saturated heterocycles. The summed E-state index contributed by atoms with van der Waals surface area (Å²) in [5.74, 6) is 1.00. The Morgan fingerprint density at radius 2 is 1.54 bits per heavy atom. The van der Waals surface area contributed by atoms with Crippen molar-refractivity contribution < 1.29 is 13.5 Å². The molecule has 1 fully saturated rings. The van der Waals surface area contributed by atoms with E-state index in [-0.39, 0.29) is 11.6 Å². The van der Waals surface area contributed by atoms with E-state index in [2.05, 4.69) is 20.2 Å². The van der Waals surface area contributed by atoms with Crippen molar-refractivity contribution in [1.29, 1.82) is 0 Å². The zero-order valence-corrected chi connectivity index (χ0v) is 15.2. The van der Waals surface area contributed by atoms with E-state index in [1.165, 1.54) is 24.3 Å². The van der Waals surface area contributed by atoms with Gasteiger partial charge in [0.2, 0.25) is 11.8 Å². The maximum Gasteiger partial charge on any atom is 0.228 e. The summed E-state index contributed by atoms with van der Waals surface area (Å²) < 4.78 is 31.7. The average molecular weight is 382 g/mol. The first-order valence-electron chi connectivity index (χ1n) is 9.19. The van der Waals surface area contributed by atoms with Crippen LogP contribution in [-0.4, -0.2) is 29.1 Å². The SMILES string of the molecule is Fc1ccc(NC2CCN(c3nccc(Oc4ccc(F)cc4)n3)CC2)cc1. The van der Waals surface area contributed by atoms with Crippen LogP contribution in [0.1, 0.15) is 12.8 Å². The quantitative estimate of drug-likeness (QED) is 0.697. The molecule has 1 aliphatic heterocycles. The third kappa shape index (κ3) is 4.54. The fourth-order valence-electron chi connectivity index (χ4n) is 3.17. The highest BCUT2D eigenvalue weighted by molar-refractivity contribution is 5.44. The van der Waals surface area contributed by atoms with Crippen molar-refractivity contribution in [1.82, 2.24) is 9.97 Å². The predicted octanol–water partition coefficient (Wildman–Crippen LogP) is 4.63. The molecule has 2 heterocycles. The number of ether oxygens (including phenoxy) is 1. The van der Waals surface area contributed by atoms with Crippen molar-refractivity contribution >= 4 is 11.6 Å². The Balaban J connectivity index is 1.35. The summed E-state index contributed by atoms with van der Waals surface area (Å²) in [5.41, 5.74) is 0.922. The smallest absolute Gasteiger partial charge is 0.228 e. The molecule has 1 aliphatic rings. The largest absolute Gasteiger partial charge is 0.439 e. The molecule has 4 rings (SSSR count). The number of aromatic nitrogens is 2. The van der Waals surface area contributed by atoms with E-state index in [4.69, 9.17) is 4.74 Å². The fraction of sp³-hybridized carbons (Fsp3) is 0.238. The summed E-state index contributed by atoms with van der Waals surface area (Å²) >= 11 is 0. The van der Waals surface area contributed by atoms with E-state index in [9.17, 15) is 8.78 Å². The van der Waals surface area contributed by atoms with Gasteiger partial charge in [0.25, 0.3) is 0 Å². The Morgan fingerprint density at radius 1 is 0.893 bits per heavy atom. The van der Waals surface area contributed by atoms with Crippen molar-refractivity contribution in [3.63, 3.8) is 0 Å². The zero-order valence-electron chi connectivity index (χ0n) is 15.2. The maximum atomic E-state index is 13.0. The highest BCUT2D eigenvalue weighted by Gasteiger charge is 2.21. The standard InChI is InChI=1S/C21H20F2N4O/c22-15-1-5-17(6-2-15)25-18-10-13-27(14-11-18)21-24-12-9-20(26-21)28-19-7-3-16(23)4-8-19/h1-9,12,18,25H,10-11,13-14H2. The van der Waals surface area contributed by atoms with Gasteiger partial charge in [-0.1, -0.05) is 0 Å². The van der Waals surface area contributed by atoms with Crippen molar-refractivity contribution in [2.24, 2.45) is 0 Å². The molecule has 0 radical (unpaired) electrons. The van der Waals surface area contributed by atoms with E-state index in [1.807, 2.05) is 0 Å². The van der Waals surface area contributed by atoms with Crippen LogP contribution in [0.2, 0.25) is 0 Å². The zero-order chi connectivity index (χ0) is 19.3. The van der Waals surface area contributed by atoms with Crippen molar-refractivity contribution in [3.05, 3.63) is 72.4 Å². The van der Waals surface area contributed by atoms with Crippen LogP contribution in [-0.2, 0) is 0 Å². The molecule has 7 heteroatoms. The van der Waals surface area contributed by atoms with Crippen LogP contribution in [0.5, 0.6) is 11.6 Å². The van der Waals surface area contributed by atoms with E-state index in [0.717, 1.165) is 31.6 Å². The number of piperidine rings is 1. The maximum absolute atomic E-state index is 13.0. The molecule has 0 amide bonds. The van der Waals surface area contributed by atoms with Crippen LogP contribution in [0.15, 0.2) is 60.8 Å². The number of rotatable bonds is 5. The number of nitrogens with zero attached hydrogens (tertiary/aromatic N) is 3. The van der Waals surface area contributed by atoms with Gasteiger partial charge in [0.05, 0.1) is 0 Å². The second kappa shape index (κ2) is 8.21. The predicted molar refractivity (Wildman–Crippen MR) is 104 cm³/mol. The molecule has 0 atom stereocenters. The van der Waals surface area contributed by atoms with Crippen molar-refractivity contribution in [2.45, 2.75) is 18.9 Å². The molecule has 28 heavy (non-hydrogen) atoms. The van der Waals surface area contributed by atoms with Crippen LogP contribution in [0.4, 0.5) is 20.4 Å². The monoisotopic (exact) mass is 382 g/mol. The molecule has 144 valence electrons. The number of halogens is 2. The molecule has 5 nitrogen and oxygen atoms in total. The molecule has 0 spiro atoms. The summed E-state index contributed by atoms with van der Waals surface area (Å²) in [6.45, 7) is 1.61. The van der Waals surface area contributed by atoms with Crippen LogP contribution >= 0.6 is 0 Å². The van der Waals surface area contributed by atoms with Gasteiger partial charge in [-0.2, -0.15) is 4.98 Å².